The first-order valence-corrected chi connectivity index (χ1v) is 12.7. The van der Waals surface area contributed by atoms with Gasteiger partial charge < -0.3 is 15.0 Å². The average molecular weight is 491 g/mol. The van der Waals surface area contributed by atoms with Crippen LogP contribution in [0.1, 0.15) is 47.4 Å². The highest BCUT2D eigenvalue weighted by atomic mass is 32.1. The standard InChI is InChI=1S/C28H30N2O4S/c1-4-20-8-5-7-19(3)26(20)29-24(31)17-34-28(33)22-14-15-25(32)30(21-12-10-18(2)11-13-21)27(22)23-9-6-16-35-23/h5-13,16,22,27H,4,14-15,17H2,1-3H3,(H,29,31). The molecule has 2 amide bonds. The Labute approximate surface area is 209 Å². The molecule has 1 aliphatic rings. The molecular weight excluding hydrogens is 460 g/mol. The summed E-state index contributed by atoms with van der Waals surface area (Å²) in [5, 5.41) is 4.83. The second kappa shape index (κ2) is 10.9. The van der Waals surface area contributed by atoms with Gasteiger partial charge in [-0.3, -0.25) is 14.4 Å². The van der Waals surface area contributed by atoms with Gasteiger partial charge in [0.05, 0.1) is 12.0 Å². The van der Waals surface area contributed by atoms with Gasteiger partial charge in [0.1, 0.15) is 0 Å². The van der Waals surface area contributed by atoms with Gasteiger partial charge in [0.25, 0.3) is 5.91 Å². The van der Waals surface area contributed by atoms with Gasteiger partial charge >= 0.3 is 5.97 Å². The zero-order chi connectivity index (χ0) is 24.9. The fourth-order valence-electron chi connectivity index (χ4n) is 4.56. The molecule has 35 heavy (non-hydrogen) atoms. The molecule has 1 saturated heterocycles. The Morgan fingerprint density at radius 3 is 2.54 bits per heavy atom. The maximum Gasteiger partial charge on any atom is 0.311 e. The van der Waals surface area contributed by atoms with Crippen molar-refractivity contribution >= 4 is 40.5 Å². The molecule has 0 spiro atoms. The highest BCUT2D eigenvalue weighted by Crippen LogP contribution is 2.42. The summed E-state index contributed by atoms with van der Waals surface area (Å²) in [4.78, 5) is 41.6. The quantitative estimate of drug-likeness (QED) is 0.438. The molecule has 6 nitrogen and oxygen atoms in total. The molecule has 0 bridgehead atoms. The van der Waals surface area contributed by atoms with E-state index in [9.17, 15) is 14.4 Å². The second-order valence-corrected chi connectivity index (χ2v) is 9.80. The maximum atomic E-state index is 13.3. The molecule has 4 rings (SSSR count). The normalized spacial score (nSPS) is 17.8. The topological polar surface area (TPSA) is 75.7 Å². The van der Waals surface area contributed by atoms with Crippen LogP contribution in [0.15, 0.2) is 60.0 Å². The van der Waals surface area contributed by atoms with Crippen molar-refractivity contribution in [3.8, 4) is 0 Å². The molecule has 2 heterocycles. The minimum absolute atomic E-state index is 0.0271. The first kappa shape index (κ1) is 24.7. The van der Waals surface area contributed by atoms with Crippen molar-refractivity contribution in [3.63, 3.8) is 0 Å². The summed E-state index contributed by atoms with van der Waals surface area (Å²) in [6.45, 7) is 5.58. The van der Waals surface area contributed by atoms with Gasteiger partial charge in [-0.15, -0.1) is 11.3 Å². The first-order valence-electron chi connectivity index (χ1n) is 11.9. The average Bonchev–Trinajstić information content (AvgIpc) is 3.39. The number of hydrogen-bond donors (Lipinski definition) is 1. The summed E-state index contributed by atoms with van der Waals surface area (Å²) in [5.74, 6) is -1.44. The third-order valence-corrected chi connectivity index (χ3v) is 7.34. The van der Waals surface area contributed by atoms with Crippen LogP contribution in [0, 0.1) is 19.8 Å². The second-order valence-electron chi connectivity index (χ2n) is 8.82. The third kappa shape index (κ3) is 5.46. The van der Waals surface area contributed by atoms with Crippen LogP contribution < -0.4 is 10.2 Å². The minimum atomic E-state index is -0.565. The lowest BCUT2D eigenvalue weighted by atomic mass is 9.87. The third-order valence-electron chi connectivity index (χ3n) is 6.40. The van der Waals surface area contributed by atoms with E-state index in [0.717, 1.165) is 39.4 Å². The van der Waals surface area contributed by atoms with E-state index in [2.05, 4.69) is 5.32 Å². The molecule has 0 radical (unpaired) electrons. The Morgan fingerprint density at radius 2 is 1.86 bits per heavy atom. The van der Waals surface area contributed by atoms with Gasteiger partial charge in [-0.2, -0.15) is 0 Å². The van der Waals surface area contributed by atoms with Crippen LogP contribution in [-0.4, -0.2) is 24.4 Å². The van der Waals surface area contributed by atoms with Gasteiger partial charge in [0.15, 0.2) is 6.61 Å². The Morgan fingerprint density at radius 1 is 1.09 bits per heavy atom. The van der Waals surface area contributed by atoms with Crippen LogP contribution in [0.5, 0.6) is 0 Å². The molecule has 1 N–H and O–H groups in total. The predicted molar refractivity (Wildman–Crippen MR) is 139 cm³/mol. The fourth-order valence-corrected chi connectivity index (χ4v) is 5.44. The molecule has 1 aromatic heterocycles. The number of nitrogens with zero attached hydrogens (tertiary/aromatic N) is 1. The highest BCUT2D eigenvalue weighted by Gasteiger charge is 2.43. The van der Waals surface area contributed by atoms with Gasteiger partial charge in [-0.25, -0.2) is 0 Å². The van der Waals surface area contributed by atoms with Crippen molar-refractivity contribution in [3.05, 3.63) is 81.5 Å². The summed E-state index contributed by atoms with van der Waals surface area (Å²) in [6, 6.07) is 17.0. The zero-order valence-electron chi connectivity index (χ0n) is 20.2. The lowest BCUT2D eigenvalue weighted by Crippen LogP contribution is -2.46. The number of nitrogens with one attached hydrogen (secondary N) is 1. The molecule has 0 aliphatic carbocycles. The zero-order valence-corrected chi connectivity index (χ0v) is 21.1. The molecule has 1 aliphatic heterocycles. The van der Waals surface area contributed by atoms with Crippen LogP contribution in [0.25, 0.3) is 0 Å². The largest absolute Gasteiger partial charge is 0.455 e. The predicted octanol–water partition coefficient (Wildman–Crippen LogP) is 5.59. The van der Waals surface area contributed by atoms with Crippen molar-refractivity contribution in [2.75, 3.05) is 16.8 Å². The number of ether oxygens (including phenoxy) is 1. The van der Waals surface area contributed by atoms with Crippen molar-refractivity contribution in [2.24, 2.45) is 5.92 Å². The molecule has 2 aromatic carbocycles. The van der Waals surface area contributed by atoms with Crippen molar-refractivity contribution in [2.45, 2.75) is 46.1 Å². The molecule has 2 atom stereocenters. The van der Waals surface area contributed by atoms with Gasteiger partial charge in [-0.1, -0.05) is 48.9 Å². The number of piperidine rings is 1. The van der Waals surface area contributed by atoms with Crippen molar-refractivity contribution in [1.82, 2.24) is 0 Å². The lowest BCUT2D eigenvalue weighted by Gasteiger charge is -2.39. The number of carbonyl (C=O) groups excluding carboxylic acids is 3. The SMILES string of the molecule is CCc1cccc(C)c1NC(=O)COC(=O)C1CCC(=O)N(c2ccc(C)cc2)C1c1cccs1. The van der Waals surface area contributed by atoms with Crippen LogP contribution in [0.3, 0.4) is 0 Å². The van der Waals surface area contributed by atoms with E-state index in [4.69, 9.17) is 4.74 Å². The number of thiophene rings is 1. The molecule has 3 aromatic rings. The van der Waals surface area contributed by atoms with Crippen LogP contribution in [-0.2, 0) is 25.5 Å². The summed E-state index contributed by atoms with van der Waals surface area (Å²) in [5.41, 5.74) is 4.60. The Kier molecular flexibility index (Phi) is 7.66. The van der Waals surface area contributed by atoms with E-state index >= 15 is 0 Å². The number of amides is 2. The van der Waals surface area contributed by atoms with Gasteiger partial charge in [-0.05, 0) is 61.4 Å². The molecule has 2 unspecified atom stereocenters. The molecular formula is C28H30N2O4S. The minimum Gasteiger partial charge on any atom is -0.455 e. The number of rotatable bonds is 7. The van der Waals surface area contributed by atoms with Crippen molar-refractivity contribution < 1.29 is 19.1 Å². The van der Waals surface area contributed by atoms with Crippen molar-refractivity contribution in [1.29, 1.82) is 0 Å². The highest BCUT2D eigenvalue weighted by molar-refractivity contribution is 7.10. The monoisotopic (exact) mass is 490 g/mol. The molecule has 7 heteroatoms. The summed E-state index contributed by atoms with van der Waals surface area (Å²) in [7, 11) is 0. The van der Waals surface area contributed by atoms with E-state index in [1.54, 1.807) is 4.90 Å². The number of hydrogen-bond acceptors (Lipinski definition) is 5. The number of benzene rings is 2. The Balaban J connectivity index is 1.51. The molecule has 0 saturated carbocycles. The summed E-state index contributed by atoms with van der Waals surface area (Å²) < 4.78 is 5.51. The van der Waals surface area contributed by atoms with Crippen LogP contribution in [0.2, 0.25) is 0 Å². The molecule has 1 fully saturated rings. The van der Waals surface area contributed by atoms with Crippen LogP contribution >= 0.6 is 11.3 Å². The number of aryl methyl sites for hydroxylation is 3. The number of anilines is 2. The van der Waals surface area contributed by atoms with E-state index in [0.29, 0.717) is 6.42 Å². The van der Waals surface area contributed by atoms with E-state index < -0.39 is 17.9 Å². The Bertz CT molecular complexity index is 1200. The van der Waals surface area contributed by atoms with E-state index in [1.165, 1.54) is 11.3 Å². The van der Waals surface area contributed by atoms with Gasteiger partial charge in [0.2, 0.25) is 5.91 Å². The summed E-state index contributed by atoms with van der Waals surface area (Å²) >= 11 is 1.51. The lowest BCUT2D eigenvalue weighted by molar-refractivity contribution is -0.153. The number of para-hydroxylation sites is 1. The van der Waals surface area contributed by atoms with Crippen LogP contribution in [0.4, 0.5) is 11.4 Å². The van der Waals surface area contributed by atoms with Gasteiger partial charge in [0, 0.05) is 22.7 Å². The van der Waals surface area contributed by atoms with E-state index in [1.807, 2.05) is 80.7 Å². The smallest absolute Gasteiger partial charge is 0.311 e. The number of carbonyl (C=O) groups is 3. The Hall–Kier alpha value is -3.45. The number of esters is 1. The molecule has 182 valence electrons. The first-order chi connectivity index (χ1) is 16.9. The maximum absolute atomic E-state index is 13.3. The fraction of sp³-hybridized carbons (Fsp3) is 0.321. The summed E-state index contributed by atoms with van der Waals surface area (Å²) in [6.07, 6.45) is 1.40. The van der Waals surface area contributed by atoms with E-state index in [-0.39, 0.29) is 24.8 Å².